The Bertz CT molecular complexity index is 616. The zero-order valence-electron chi connectivity index (χ0n) is 15.7. The molecule has 3 heterocycles. The maximum Gasteiger partial charge on any atom is 0.318 e. The van der Waals surface area contributed by atoms with E-state index in [4.69, 9.17) is 0 Å². The first-order valence-corrected chi connectivity index (χ1v) is 9.41. The molecule has 0 saturated carbocycles. The van der Waals surface area contributed by atoms with E-state index in [0.717, 1.165) is 31.5 Å². The van der Waals surface area contributed by atoms with E-state index in [-0.39, 0.29) is 24.0 Å². The third-order valence-electron chi connectivity index (χ3n) is 5.45. The predicted molar refractivity (Wildman–Crippen MR) is 99.5 cm³/mol. The van der Waals surface area contributed by atoms with Crippen molar-refractivity contribution in [3.05, 3.63) is 30.1 Å². The van der Waals surface area contributed by atoms with Crippen LogP contribution in [0.3, 0.4) is 0 Å². The Balaban J connectivity index is 1.67. The Labute approximate surface area is 155 Å². The van der Waals surface area contributed by atoms with Crippen LogP contribution >= 0.6 is 0 Å². The zero-order chi connectivity index (χ0) is 18.5. The topological polar surface area (TPSA) is 68.8 Å². The first kappa shape index (κ1) is 18.6. The minimum Gasteiger partial charge on any atom is -0.344 e. The lowest BCUT2D eigenvalue weighted by molar-refractivity contribution is -0.132. The molecule has 0 radical (unpaired) electrons. The number of hydrogen-bond acceptors (Lipinski definition) is 4. The number of likely N-dealkylation sites (N-methyl/N-ethyl adjacent to an activating group) is 1. The lowest BCUT2D eigenvalue weighted by atomic mass is 10.0. The van der Waals surface area contributed by atoms with Gasteiger partial charge in [0.1, 0.15) is 0 Å². The van der Waals surface area contributed by atoms with Gasteiger partial charge in [-0.15, -0.1) is 0 Å². The molecule has 3 rings (SSSR count). The van der Waals surface area contributed by atoms with Gasteiger partial charge in [0.15, 0.2) is 0 Å². The van der Waals surface area contributed by atoms with Crippen LogP contribution in [0.1, 0.15) is 31.2 Å². The number of rotatable bonds is 4. The van der Waals surface area contributed by atoms with E-state index in [0.29, 0.717) is 25.9 Å². The summed E-state index contributed by atoms with van der Waals surface area (Å²) in [4.78, 5) is 34.8. The van der Waals surface area contributed by atoms with Crippen molar-refractivity contribution >= 4 is 11.9 Å². The maximum absolute atomic E-state index is 13.1. The molecular formula is C19H29N5O2. The monoisotopic (exact) mass is 359 g/mol. The third kappa shape index (κ3) is 4.72. The quantitative estimate of drug-likeness (QED) is 0.880. The predicted octanol–water partition coefficient (Wildman–Crippen LogP) is 1.31. The second kappa shape index (κ2) is 8.49. The van der Waals surface area contributed by atoms with Crippen LogP contribution in [-0.2, 0) is 11.3 Å². The average Bonchev–Trinajstić information content (AvgIpc) is 2.64. The van der Waals surface area contributed by atoms with Crippen LogP contribution in [0.5, 0.6) is 0 Å². The molecule has 2 saturated heterocycles. The molecule has 3 amide bonds. The van der Waals surface area contributed by atoms with Crippen molar-refractivity contribution in [2.45, 2.75) is 44.3 Å². The van der Waals surface area contributed by atoms with E-state index < -0.39 is 0 Å². The number of amides is 3. The van der Waals surface area contributed by atoms with Crippen molar-refractivity contribution in [1.29, 1.82) is 0 Å². The van der Waals surface area contributed by atoms with Crippen molar-refractivity contribution < 1.29 is 9.59 Å². The van der Waals surface area contributed by atoms with Crippen LogP contribution in [0.15, 0.2) is 24.5 Å². The number of nitrogens with one attached hydrogen (secondary N) is 1. The molecule has 7 nitrogen and oxygen atoms in total. The zero-order valence-corrected chi connectivity index (χ0v) is 15.7. The molecule has 1 N–H and O–H groups in total. The summed E-state index contributed by atoms with van der Waals surface area (Å²) in [6, 6.07) is 4.16. The third-order valence-corrected chi connectivity index (χ3v) is 5.45. The van der Waals surface area contributed by atoms with Gasteiger partial charge in [-0.3, -0.25) is 9.78 Å². The molecule has 1 aromatic heterocycles. The van der Waals surface area contributed by atoms with E-state index in [1.54, 1.807) is 24.3 Å². The summed E-state index contributed by atoms with van der Waals surface area (Å²) in [7, 11) is 3.92. The Morgan fingerprint density at radius 3 is 2.58 bits per heavy atom. The standard InChI is InChI=1S/C19H29N5O2/c1-22-11-7-17(8-12-22)24(13-15-5-9-20-10-6-15)19(26)21-16-3-4-18(25)23(2)14-16/h5-6,9-10,16-17H,3-4,7-8,11-14H2,1-2H3,(H,21,26)/t16-/m0/s1. The summed E-state index contributed by atoms with van der Waals surface area (Å²) >= 11 is 0. The van der Waals surface area contributed by atoms with Gasteiger partial charge in [-0.2, -0.15) is 0 Å². The number of piperidine rings is 2. The van der Waals surface area contributed by atoms with Gasteiger partial charge in [0, 0.05) is 51.0 Å². The Kier molecular flexibility index (Phi) is 6.08. The highest BCUT2D eigenvalue weighted by atomic mass is 16.2. The van der Waals surface area contributed by atoms with Crippen molar-refractivity contribution in [2.24, 2.45) is 0 Å². The number of carbonyl (C=O) groups is 2. The normalized spacial score (nSPS) is 22.3. The summed E-state index contributed by atoms with van der Waals surface area (Å²) in [5.74, 6) is 0.152. The molecule has 2 aliphatic heterocycles. The van der Waals surface area contributed by atoms with Crippen LogP contribution in [0.25, 0.3) is 0 Å². The molecule has 2 aliphatic rings. The van der Waals surface area contributed by atoms with Gasteiger partial charge in [0.25, 0.3) is 0 Å². The highest BCUT2D eigenvalue weighted by Crippen LogP contribution is 2.19. The molecule has 0 aromatic carbocycles. The van der Waals surface area contributed by atoms with Crippen molar-refractivity contribution in [3.8, 4) is 0 Å². The fourth-order valence-electron chi connectivity index (χ4n) is 3.75. The van der Waals surface area contributed by atoms with Gasteiger partial charge < -0.3 is 20.0 Å². The van der Waals surface area contributed by atoms with E-state index >= 15 is 0 Å². The number of carbonyl (C=O) groups excluding carboxylic acids is 2. The number of pyridine rings is 1. The second-order valence-corrected chi connectivity index (χ2v) is 7.48. The summed E-state index contributed by atoms with van der Waals surface area (Å²) in [5, 5.41) is 3.16. The van der Waals surface area contributed by atoms with Crippen LogP contribution in [0.4, 0.5) is 4.79 Å². The highest BCUT2D eigenvalue weighted by molar-refractivity contribution is 5.78. The van der Waals surface area contributed by atoms with Crippen molar-refractivity contribution in [1.82, 2.24) is 25.0 Å². The van der Waals surface area contributed by atoms with Crippen LogP contribution in [0.2, 0.25) is 0 Å². The van der Waals surface area contributed by atoms with Gasteiger partial charge in [0.05, 0.1) is 0 Å². The van der Waals surface area contributed by atoms with Gasteiger partial charge in [0.2, 0.25) is 5.91 Å². The Morgan fingerprint density at radius 1 is 1.23 bits per heavy atom. The molecule has 0 bridgehead atoms. The minimum absolute atomic E-state index is 0.0240. The minimum atomic E-state index is -0.0240. The van der Waals surface area contributed by atoms with E-state index in [1.807, 2.05) is 17.0 Å². The fraction of sp³-hybridized carbons (Fsp3) is 0.632. The van der Waals surface area contributed by atoms with Crippen LogP contribution in [0, 0.1) is 0 Å². The molecule has 1 atom stereocenters. The first-order valence-electron chi connectivity index (χ1n) is 9.41. The number of nitrogens with zero attached hydrogens (tertiary/aromatic N) is 4. The van der Waals surface area contributed by atoms with Crippen LogP contribution < -0.4 is 5.32 Å². The molecule has 7 heteroatoms. The first-order chi connectivity index (χ1) is 12.5. The van der Waals surface area contributed by atoms with E-state index in [9.17, 15) is 9.59 Å². The smallest absolute Gasteiger partial charge is 0.318 e. The second-order valence-electron chi connectivity index (χ2n) is 7.48. The van der Waals surface area contributed by atoms with Gasteiger partial charge in [-0.05, 0) is 57.1 Å². The van der Waals surface area contributed by atoms with Gasteiger partial charge in [-0.25, -0.2) is 4.79 Å². The van der Waals surface area contributed by atoms with Gasteiger partial charge >= 0.3 is 6.03 Å². The van der Waals surface area contributed by atoms with E-state index in [2.05, 4.69) is 22.2 Å². The van der Waals surface area contributed by atoms with Gasteiger partial charge in [-0.1, -0.05) is 0 Å². The lowest BCUT2D eigenvalue weighted by Crippen LogP contribution is -2.55. The lowest BCUT2D eigenvalue weighted by Gasteiger charge is -2.39. The number of likely N-dealkylation sites (tertiary alicyclic amines) is 2. The summed E-state index contributed by atoms with van der Waals surface area (Å²) in [6.07, 6.45) is 6.71. The van der Waals surface area contributed by atoms with E-state index in [1.165, 1.54) is 0 Å². The Hall–Kier alpha value is -2.15. The molecule has 0 unspecified atom stereocenters. The molecule has 26 heavy (non-hydrogen) atoms. The summed E-state index contributed by atoms with van der Waals surface area (Å²) in [6.45, 7) is 3.18. The number of hydrogen-bond donors (Lipinski definition) is 1. The average molecular weight is 359 g/mol. The van der Waals surface area contributed by atoms with Crippen molar-refractivity contribution in [3.63, 3.8) is 0 Å². The molecule has 0 aliphatic carbocycles. The largest absolute Gasteiger partial charge is 0.344 e. The maximum atomic E-state index is 13.1. The Morgan fingerprint density at radius 2 is 1.92 bits per heavy atom. The fourth-order valence-corrected chi connectivity index (χ4v) is 3.75. The molecule has 1 aromatic rings. The SMILES string of the molecule is CN1CCC(N(Cc2ccncc2)C(=O)N[C@H]2CCC(=O)N(C)C2)CC1. The molecular weight excluding hydrogens is 330 g/mol. The highest BCUT2D eigenvalue weighted by Gasteiger charge is 2.30. The molecule has 142 valence electrons. The summed E-state index contributed by atoms with van der Waals surface area (Å²) < 4.78 is 0. The molecule has 0 spiro atoms. The molecule has 2 fully saturated rings. The van der Waals surface area contributed by atoms with Crippen molar-refractivity contribution in [2.75, 3.05) is 33.7 Å². The van der Waals surface area contributed by atoms with Crippen LogP contribution in [-0.4, -0.2) is 77.4 Å². The summed E-state index contributed by atoms with van der Waals surface area (Å²) in [5.41, 5.74) is 1.09. The number of aromatic nitrogens is 1. The number of urea groups is 1.